The molecular formula is C11H23N5O. The first-order valence-electron chi connectivity index (χ1n) is 6.14. The lowest BCUT2D eigenvalue weighted by molar-refractivity contribution is -0.131. The molecule has 98 valence electrons. The van der Waals surface area contributed by atoms with Crippen molar-refractivity contribution in [1.29, 1.82) is 0 Å². The molecule has 6 nitrogen and oxygen atoms in total. The minimum absolute atomic E-state index is 0.0702. The minimum Gasteiger partial charge on any atom is -0.353 e. The number of likely N-dealkylation sites (tertiary alicyclic amines) is 1. The van der Waals surface area contributed by atoms with Crippen molar-refractivity contribution < 1.29 is 4.79 Å². The number of guanidine groups is 1. The Morgan fingerprint density at radius 2 is 1.88 bits per heavy atom. The molecule has 0 bridgehead atoms. The van der Waals surface area contributed by atoms with Crippen LogP contribution in [0, 0.1) is 0 Å². The Balaban J connectivity index is 2.57. The Morgan fingerprint density at radius 1 is 1.29 bits per heavy atom. The van der Waals surface area contributed by atoms with Gasteiger partial charge in [0.05, 0.1) is 0 Å². The summed E-state index contributed by atoms with van der Waals surface area (Å²) in [7, 11) is 0. The summed E-state index contributed by atoms with van der Waals surface area (Å²) in [5, 5.41) is 3.05. The van der Waals surface area contributed by atoms with Crippen LogP contribution in [-0.2, 0) is 4.79 Å². The van der Waals surface area contributed by atoms with Crippen LogP contribution in [0.25, 0.3) is 0 Å². The first-order valence-corrected chi connectivity index (χ1v) is 6.14. The average molecular weight is 241 g/mol. The fourth-order valence-corrected chi connectivity index (χ4v) is 1.84. The number of carbonyl (C=O) groups is 1. The second-order valence-corrected chi connectivity index (χ2v) is 4.63. The van der Waals surface area contributed by atoms with Gasteiger partial charge in [-0.2, -0.15) is 0 Å². The number of nitrogens with two attached hydrogens (primary N) is 1. The number of hydrogen-bond donors (Lipinski definition) is 3. The van der Waals surface area contributed by atoms with Crippen LogP contribution in [0.5, 0.6) is 0 Å². The lowest BCUT2D eigenvalue weighted by Gasteiger charge is -2.19. The van der Waals surface area contributed by atoms with Crippen molar-refractivity contribution in [3.8, 4) is 0 Å². The van der Waals surface area contributed by atoms with E-state index in [2.05, 4.69) is 15.7 Å². The van der Waals surface area contributed by atoms with Crippen molar-refractivity contribution in [3.05, 3.63) is 0 Å². The van der Waals surface area contributed by atoms with E-state index in [4.69, 9.17) is 5.84 Å². The molecule has 1 rings (SSSR count). The van der Waals surface area contributed by atoms with Gasteiger partial charge in [0.15, 0.2) is 0 Å². The third-order valence-corrected chi connectivity index (χ3v) is 2.66. The fraction of sp³-hybridized carbons (Fsp3) is 0.818. The van der Waals surface area contributed by atoms with Crippen molar-refractivity contribution in [3.63, 3.8) is 0 Å². The molecule has 1 saturated heterocycles. The molecule has 0 saturated carbocycles. The zero-order valence-corrected chi connectivity index (χ0v) is 10.9. The maximum absolute atomic E-state index is 12.0. The predicted molar refractivity (Wildman–Crippen MR) is 68.3 cm³/mol. The van der Waals surface area contributed by atoms with E-state index in [1.54, 1.807) is 6.92 Å². The number of nitrogens with zero attached hydrogens (tertiary/aromatic N) is 2. The topological polar surface area (TPSA) is 82.8 Å². The third-order valence-electron chi connectivity index (χ3n) is 2.66. The number of carbonyl (C=O) groups excluding carboxylic acids is 1. The van der Waals surface area contributed by atoms with Gasteiger partial charge >= 0.3 is 0 Å². The molecule has 0 aromatic rings. The predicted octanol–water partition coefficient (Wildman–Crippen LogP) is -0.185. The second kappa shape index (κ2) is 6.44. The molecule has 1 unspecified atom stereocenters. The van der Waals surface area contributed by atoms with Crippen LogP contribution in [-0.4, -0.2) is 41.9 Å². The van der Waals surface area contributed by atoms with Gasteiger partial charge in [0.2, 0.25) is 11.9 Å². The number of hydrogen-bond acceptors (Lipinski definition) is 3. The van der Waals surface area contributed by atoms with Gasteiger partial charge in [-0.25, -0.2) is 10.8 Å². The molecule has 1 aliphatic heterocycles. The molecular weight excluding hydrogens is 218 g/mol. The Morgan fingerprint density at radius 3 is 2.35 bits per heavy atom. The zero-order valence-electron chi connectivity index (χ0n) is 10.9. The Hall–Kier alpha value is -1.30. The summed E-state index contributed by atoms with van der Waals surface area (Å²) in [6.07, 6.45) is 2.18. The molecule has 1 aliphatic rings. The van der Waals surface area contributed by atoms with Gasteiger partial charge in [-0.1, -0.05) is 0 Å². The van der Waals surface area contributed by atoms with Crippen molar-refractivity contribution in [2.45, 2.75) is 45.7 Å². The van der Waals surface area contributed by atoms with Crippen LogP contribution in [0.2, 0.25) is 0 Å². The van der Waals surface area contributed by atoms with Crippen LogP contribution < -0.4 is 16.6 Å². The standard InChI is InChI=1S/C11H23N5O/c1-8(2)13-11(15-12)14-9(3)10(17)16-6-4-5-7-16/h8-9H,4-7,12H2,1-3H3,(H2,13,14,15). The third kappa shape index (κ3) is 4.22. The number of hydrazine groups is 1. The quantitative estimate of drug-likeness (QED) is 0.277. The highest BCUT2D eigenvalue weighted by molar-refractivity contribution is 5.87. The monoisotopic (exact) mass is 241 g/mol. The van der Waals surface area contributed by atoms with Gasteiger partial charge in [0.1, 0.15) is 6.04 Å². The summed E-state index contributed by atoms with van der Waals surface area (Å²) < 4.78 is 0. The highest BCUT2D eigenvalue weighted by atomic mass is 16.2. The molecule has 0 aromatic carbocycles. The van der Waals surface area contributed by atoms with Crippen LogP contribution >= 0.6 is 0 Å². The summed E-state index contributed by atoms with van der Waals surface area (Å²) in [4.78, 5) is 18.1. The zero-order chi connectivity index (χ0) is 12.8. The number of rotatable bonds is 3. The van der Waals surface area contributed by atoms with Gasteiger partial charge < -0.3 is 10.2 Å². The van der Waals surface area contributed by atoms with E-state index in [1.807, 2.05) is 18.7 Å². The summed E-state index contributed by atoms with van der Waals surface area (Å²) in [6, 6.07) is -0.177. The minimum atomic E-state index is -0.398. The molecule has 0 spiro atoms. The maximum Gasteiger partial charge on any atom is 0.247 e. The molecule has 0 aromatic heterocycles. The smallest absolute Gasteiger partial charge is 0.247 e. The van der Waals surface area contributed by atoms with Crippen LogP contribution in [0.15, 0.2) is 4.99 Å². The van der Waals surface area contributed by atoms with E-state index in [0.29, 0.717) is 5.96 Å². The Labute approximate surface area is 103 Å². The van der Waals surface area contributed by atoms with E-state index in [0.717, 1.165) is 25.9 Å². The van der Waals surface area contributed by atoms with Crippen molar-refractivity contribution >= 4 is 11.9 Å². The molecule has 1 fully saturated rings. The van der Waals surface area contributed by atoms with E-state index < -0.39 is 6.04 Å². The first kappa shape index (κ1) is 13.8. The van der Waals surface area contributed by atoms with Gasteiger partial charge in [-0.3, -0.25) is 10.2 Å². The van der Waals surface area contributed by atoms with Crippen molar-refractivity contribution in [2.75, 3.05) is 13.1 Å². The maximum atomic E-state index is 12.0. The highest BCUT2D eigenvalue weighted by Crippen LogP contribution is 2.10. The van der Waals surface area contributed by atoms with Crippen molar-refractivity contribution in [2.24, 2.45) is 10.8 Å². The molecule has 1 heterocycles. The molecule has 0 aliphatic carbocycles. The van der Waals surface area contributed by atoms with E-state index in [1.165, 1.54) is 0 Å². The highest BCUT2D eigenvalue weighted by Gasteiger charge is 2.23. The molecule has 17 heavy (non-hydrogen) atoms. The summed E-state index contributed by atoms with van der Waals surface area (Å²) in [6.45, 7) is 7.46. The Kier molecular flexibility index (Phi) is 5.21. The molecule has 6 heteroatoms. The molecule has 1 atom stereocenters. The lowest BCUT2D eigenvalue weighted by Crippen LogP contribution is -2.46. The number of amides is 1. The lowest BCUT2D eigenvalue weighted by atomic mass is 10.3. The molecule has 1 amide bonds. The van der Waals surface area contributed by atoms with Gasteiger partial charge in [0.25, 0.3) is 0 Å². The van der Waals surface area contributed by atoms with Gasteiger partial charge in [-0.15, -0.1) is 0 Å². The fourth-order valence-electron chi connectivity index (χ4n) is 1.84. The number of aliphatic imine (C=N–C) groups is 1. The summed E-state index contributed by atoms with van der Waals surface area (Å²) in [5.41, 5.74) is 2.48. The van der Waals surface area contributed by atoms with Crippen LogP contribution in [0.3, 0.4) is 0 Å². The normalized spacial score (nSPS) is 18.4. The van der Waals surface area contributed by atoms with Gasteiger partial charge in [-0.05, 0) is 33.6 Å². The average Bonchev–Trinajstić information content (AvgIpc) is 2.79. The Bertz CT molecular complexity index is 284. The first-order chi connectivity index (χ1) is 8.04. The van der Waals surface area contributed by atoms with E-state index >= 15 is 0 Å². The van der Waals surface area contributed by atoms with Crippen LogP contribution in [0.1, 0.15) is 33.6 Å². The second-order valence-electron chi connectivity index (χ2n) is 4.63. The summed E-state index contributed by atoms with van der Waals surface area (Å²) in [5.74, 6) is 5.88. The van der Waals surface area contributed by atoms with Crippen LogP contribution in [0.4, 0.5) is 0 Å². The summed E-state index contributed by atoms with van der Waals surface area (Å²) >= 11 is 0. The molecule has 0 radical (unpaired) electrons. The SMILES string of the molecule is CC(C)NC(=NC(C)C(=O)N1CCCC1)NN. The number of nitrogens with one attached hydrogen (secondary N) is 2. The molecule has 4 N–H and O–H groups in total. The van der Waals surface area contributed by atoms with E-state index in [-0.39, 0.29) is 11.9 Å². The van der Waals surface area contributed by atoms with E-state index in [9.17, 15) is 4.79 Å². The van der Waals surface area contributed by atoms with Crippen molar-refractivity contribution in [1.82, 2.24) is 15.6 Å². The van der Waals surface area contributed by atoms with Gasteiger partial charge in [0, 0.05) is 19.1 Å². The largest absolute Gasteiger partial charge is 0.353 e.